The highest BCUT2D eigenvalue weighted by Gasteiger charge is 2.17. The van der Waals surface area contributed by atoms with Crippen LogP contribution in [0.4, 0.5) is 0 Å². The van der Waals surface area contributed by atoms with Gasteiger partial charge in [-0.2, -0.15) is 0 Å². The molecule has 0 amide bonds. The SMILES string of the molecule is CC(=O)Oc1cc2ccccc3c4ccccc4c(=O)c1c23. The standard InChI is InChI=1S/C19H12O3/c1-11(20)22-16-10-12-6-2-3-8-14-13-7-4-5-9-15(13)19(21)18(16)17(12)14/h2-10H,1H3. The largest absolute Gasteiger partial charge is 0.426 e. The Kier molecular flexibility index (Phi) is 2.63. The van der Waals surface area contributed by atoms with Crippen LogP contribution in [-0.4, -0.2) is 5.97 Å². The van der Waals surface area contributed by atoms with Gasteiger partial charge in [0.1, 0.15) is 5.75 Å². The van der Waals surface area contributed by atoms with Crippen molar-refractivity contribution < 1.29 is 9.53 Å². The molecule has 0 aliphatic rings. The fourth-order valence-electron chi connectivity index (χ4n) is 3.10. The Morgan fingerprint density at radius 3 is 2.23 bits per heavy atom. The van der Waals surface area contributed by atoms with Crippen LogP contribution in [0.15, 0.2) is 59.4 Å². The predicted molar refractivity (Wildman–Crippen MR) is 87.7 cm³/mol. The first-order chi connectivity index (χ1) is 10.7. The molecular formula is C19H12O3. The van der Waals surface area contributed by atoms with E-state index in [1.807, 2.05) is 48.5 Å². The minimum atomic E-state index is -0.427. The number of carbonyl (C=O) groups is 1. The summed E-state index contributed by atoms with van der Waals surface area (Å²) in [7, 11) is 0. The zero-order valence-corrected chi connectivity index (χ0v) is 11.9. The maximum absolute atomic E-state index is 12.9. The molecule has 4 aromatic carbocycles. The lowest BCUT2D eigenvalue weighted by Gasteiger charge is -2.03. The molecule has 0 aromatic heterocycles. The van der Waals surface area contributed by atoms with E-state index in [1.54, 1.807) is 6.07 Å². The molecular weight excluding hydrogens is 276 g/mol. The number of hydrogen-bond donors (Lipinski definition) is 0. The van der Waals surface area contributed by atoms with Crippen LogP contribution in [0.2, 0.25) is 0 Å². The molecule has 3 heteroatoms. The predicted octanol–water partition coefficient (Wildman–Crippen LogP) is 3.87. The fraction of sp³-hybridized carbons (Fsp3) is 0.0526. The van der Waals surface area contributed by atoms with Gasteiger partial charge in [-0.15, -0.1) is 0 Å². The van der Waals surface area contributed by atoms with Crippen LogP contribution >= 0.6 is 0 Å². The zero-order chi connectivity index (χ0) is 15.3. The van der Waals surface area contributed by atoms with E-state index in [4.69, 9.17) is 4.74 Å². The molecule has 0 unspecified atom stereocenters. The second-order valence-corrected chi connectivity index (χ2v) is 5.31. The van der Waals surface area contributed by atoms with Gasteiger partial charge in [-0.25, -0.2) is 0 Å². The number of hydrogen-bond acceptors (Lipinski definition) is 3. The van der Waals surface area contributed by atoms with E-state index < -0.39 is 5.97 Å². The van der Waals surface area contributed by atoms with E-state index in [1.165, 1.54) is 6.92 Å². The van der Waals surface area contributed by atoms with Gasteiger partial charge in [0.2, 0.25) is 0 Å². The summed E-state index contributed by atoms with van der Waals surface area (Å²) in [5.74, 6) is -0.0846. The monoisotopic (exact) mass is 288 g/mol. The minimum absolute atomic E-state index is 0.0967. The Morgan fingerprint density at radius 2 is 1.50 bits per heavy atom. The number of fused-ring (bicyclic) bond motifs is 2. The Bertz CT molecular complexity index is 1100. The summed E-state index contributed by atoms with van der Waals surface area (Å²) < 4.78 is 5.27. The number of rotatable bonds is 1. The highest BCUT2D eigenvalue weighted by Crippen LogP contribution is 2.37. The van der Waals surface area contributed by atoms with E-state index in [-0.39, 0.29) is 5.43 Å². The van der Waals surface area contributed by atoms with Crippen LogP contribution < -0.4 is 10.2 Å². The third-order valence-corrected chi connectivity index (χ3v) is 3.93. The Balaban J connectivity index is 2.35. The van der Waals surface area contributed by atoms with Crippen molar-refractivity contribution in [1.29, 1.82) is 0 Å². The summed E-state index contributed by atoms with van der Waals surface area (Å²) >= 11 is 0. The Labute approximate surface area is 126 Å². The molecule has 0 N–H and O–H groups in total. The van der Waals surface area contributed by atoms with Crippen LogP contribution in [0.25, 0.3) is 32.3 Å². The molecule has 3 nitrogen and oxygen atoms in total. The van der Waals surface area contributed by atoms with Gasteiger partial charge in [0, 0.05) is 17.7 Å². The highest BCUT2D eigenvalue weighted by atomic mass is 16.5. The van der Waals surface area contributed by atoms with E-state index in [9.17, 15) is 9.59 Å². The van der Waals surface area contributed by atoms with E-state index in [2.05, 4.69) is 0 Å². The molecule has 22 heavy (non-hydrogen) atoms. The van der Waals surface area contributed by atoms with Crippen molar-refractivity contribution in [3.63, 3.8) is 0 Å². The van der Waals surface area contributed by atoms with Crippen molar-refractivity contribution >= 4 is 38.3 Å². The lowest BCUT2D eigenvalue weighted by Crippen LogP contribution is -2.06. The molecule has 0 saturated carbocycles. The molecule has 0 aliphatic heterocycles. The highest BCUT2D eigenvalue weighted by molar-refractivity contribution is 6.23. The van der Waals surface area contributed by atoms with Gasteiger partial charge >= 0.3 is 5.97 Å². The van der Waals surface area contributed by atoms with Gasteiger partial charge in [-0.05, 0) is 22.2 Å². The topological polar surface area (TPSA) is 43.4 Å². The van der Waals surface area contributed by atoms with E-state index >= 15 is 0 Å². The van der Waals surface area contributed by atoms with Crippen LogP contribution in [0, 0.1) is 0 Å². The van der Waals surface area contributed by atoms with Crippen molar-refractivity contribution in [1.82, 2.24) is 0 Å². The maximum atomic E-state index is 12.9. The molecule has 0 fully saturated rings. The molecule has 0 aliphatic carbocycles. The number of esters is 1. The van der Waals surface area contributed by atoms with Gasteiger partial charge < -0.3 is 4.74 Å². The van der Waals surface area contributed by atoms with Crippen molar-refractivity contribution in [2.45, 2.75) is 6.92 Å². The third-order valence-electron chi connectivity index (χ3n) is 3.93. The van der Waals surface area contributed by atoms with Gasteiger partial charge in [0.15, 0.2) is 5.43 Å². The maximum Gasteiger partial charge on any atom is 0.308 e. The first-order valence-electron chi connectivity index (χ1n) is 7.05. The Hall–Kier alpha value is -2.94. The Morgan fingerprint density at radius 1 is 0.864 bits per heavy atom. The second kappa shape index (κ2) is 4.53. The lowest BCUT2D eigenvalue weighted by atomic mass is 10.0. The lowest BCUT2D eigenvalue weighted by molar-refractivity contribution is -0.131. The minimum Gasteiger partial charge on any atom is -0.426 e. The van der Waals surface area contributed by atoms with E-state index in [0.717, 1.165) is 21.5 Å². The number of benzene rings is 2. The van der Waals surface area contributed by atoms with Crippen molar-refractivity contribution in [2.24, 2.45) is 0 Å². The van der Waals surface area contributed by atoms with Crippen molar-refractivity contribution in [2.75, 3.05) is 0 Å². The fourth-order valence-corrected chi connectivity index (χ4v) is 3.10. The molecule has 0 atom stereocenters. The molecule has 4 aromatic rings. The summed E-state index contributed by atoms with van der Waals surface area (Å²) in [4.78, 5) is 24.2. The average Bonchev–Trinajstić information content (AvgIpc) is 2.71. The van der Waals surface area contributed by atoms with Crippen molar-refractivity contribution in [3.05, 3.63) is 64.8 Å². The van der Waals surface area contributed by atoms with Gasteiger partial charge in [0.05, 0.1) is 5.39 Å². The summed E-state index contributed by atoms with van der Waals surface area (Å²) in [6.07, 6.45) is 0. The van der Waals surface area contributed by atoms with Gasteiger partial charge in [0.25, 0.3) is 0 Å². The molecule has 0 spiro atoms. The summed E-state index contributed by atoms with van der Waals surface area (Å²) in [5, 5.41) is 4.78. The summed E-state index contributed by atoms with van der Waals surface area (Å²) in [6, 6.07) is 17.1. The average molecular weight is 288 g/mol. The van der Waals surface area contributed by atoms with Crippen molar-refractivity contribution in [3.8, 4) is 5.75 Å². The van der Waals surface area contributed by atoms with Crippen LogP contribution in [0.3, 0.4) is 0 Å². The van der Waals surface area contributed by atoms with Crippen LogP contribution in [-0.2, 0) is 4.79 Å². The third kappa shape index (κ3) is 1.69. The quantitative estimate of drug-likeness (QED) is 0.499. The van der Waals surface area contributed by atoms with Gasteiger partial charge in [-0.3, -0.25) is 9.59 Å². The molecule has 4 rings (SSSR count). The molecule has 106 valence electrons. The van der Waals surface area contributed by atoms with Crippen LogP contribution in [0.1, 0.15) is 6.92 Å². The second-order valence-electron chi connectivity index (χ2n) is 5.31. The smallest absolute Gasteiger partial charge is 0.308 e. The summed E-state index contributed by atoms with van der Waals surface area (Å²) in [5.41, 5.74) is -0.0967. The zero-order valence-electron chi connectivity index (χ0n) is 11.9. The molecule has 0 saturated heterocycles. The van der Waals surface area contributed by atoms with Gasteiger partial charge in [-0.1, -0.05) is 48.5 Å². The normalized spacial score (nSPS) is 11.3. The van der Waals surface area contributed by atoms with E-state index in [0.29, 0.717) is 16.5 Å². The number of ether oxygens (including phenoxy) is 1. The molecule has 0 radical (unpaired) electrons. The molecule has 0 bridgehead atoms. The van der Waals surface area contributed by atoms with Crippen LogP contribution in [0.5, 0.6) is 5.75 Å². The first kappa shape index (κ1) is 12.8. The summed E-state index contributed by atoms with van der Waals surface area (Å²) in [6.45, 7) is 1.34. The molecule has 0 heterocycles. The number of carbonyl (C=O) groups excluding carboxylic acids is 1. The first-order valence-corrected chi connectivity index (χ1v) is 7.05.